The minimum Gasteiger partial charge on any atom is -0.465 e. The van der Waals surface area contributed by atoms with Crippen molar-refractivity contribution in [2.75, 3.05) is 6.61 Å². The molecule has 1 spiro atoms. The van der Waals surface area contributed by atoms with Crippen molar-refractivity contribution in [1.82, 2.24) is 0 Å². The highest BCUT2D eigenvalue weighted by Gasteiger charge is 2.43. The van der Waals surface area contributed by atoms with Crippen molar-refractivity contribution in [1.29, 1.82) is 0 Å². The van der Waals surface area contributed by atoms with Gasteiger partial charge in [-0.3, -0.25) is 4.79 Å². The van der Waals surface area contributed by atoms with Crippen molar-refractivity contribution >= 4 is 5.97 Å². The van der Waals surface area contributed by atoms with Crippen molar-refractivity contribution in [2.24, 2.45) is 17.3 Å². The lowest BCUT2D eigenvalue weighted by Crippen LogP contribution is -2.42. The molecule has 0 radical (unpaired) electrons. The van der Waals surface area contributed by atoms with Crippen LogP contribution in [0.1, 0.15) is 46.0 Å². The van der Waals surface area contributed by atoms with Gasteiger partial charge in [0.1, 0.15) is 0 Å². The van der Waals surface area contributed by atoms with Gasteiger partial charge in [-0.2, -0.15) is 0 Å². The number of carbonyl (C=O) groups excluding carboxylic acids is 1. The first kappa shape index (κ1) is 10.0. The molecule has 0 aromatic rings. The Labute approximate surface area is 86.0 Å². The summed E-state index contributed by atoms with van der Waals surface area (Å²) < 4.78 is 5.24. The van der Waals surface area contributed by atoms with Crippen molar-refractivity contribution < 1.29 is 9.53 Å². The predicted octanol–water partition coefficient (Wildman–Crippen LogP) is 2.77. The fourth-order valence-corrected chi connectivity index (χ4v) is 3.06. The highest BCUT2D eigenvalue weighted by atomic mass is 16.5. The summed E-state index contributed by atoms with van der Waals surface area (Å²) in [5, 5.41) is 0. The van der Waals surface area contributed by atoms with Gasteiger partial charge in [0, 0.05) is 11.8 Å². The third-order valence-electron chi connectivity index (χ3n) is 4.28. The van der Waals surface area contributed by atoms with Crippen LogP contribution in [0.4, 0.5) is 0 Å². The van der Waals surface area contributed by atoms with E-state index in [1.165, 1.54) is 19.3 Å². The van der Waals surface area contributed by atoms with Crippen LogP contribution < -0.4 is 0 Å². The Hall–Kier alpha value is -0.530. The Morgan fingerprint density at radius 1 is 1.36 bits per heavy atom. The highest BCUT2D eigenvalue weighted by Crippen LogP contribution is 2.48. The van der Waals surface area contributed by atoms with Crippen LogP contribution in [0.25, 0.3) is 0 Å². The summed E-state index contributed by atoms with van der Waals surface area (Å²) in [6.07, 6.45) is 5.56. The second kappa shape index (κ2) is 3.56. The second-order valence-electron chi connectivity index (χ2n) is 5.30. The maximum Gasteiger partial charge on any atom is 0.305 e. The van der Waals surface area contributed by atoms with Crippen LogP contribution in [0, 0.1) is 17.3 Å². The molecule has 2 nitrogen and oxygen atoms in total. The van der Waals surface area contributed by atoms with Crippen LogP contribution in [0.2, 0.25) is 0 Å². The van der Waals surface area contributed by atoms with Gasteiger partial charge in [0.2, 0.25) is 0 Å². The number of hydrogen-bond acceptors (Lipinski definition) is 2. The molecule has 1 aliphatic heterocycles. The van der Waals surface area contributed by atoms with Crippen LogP contribution >= 0.6 is 0 Å². The van der Waals surface area contributed by atoms with E-state index in [0.29, 0.717) is 18.4 Å². The molecule has 3 atom stereocenters. The molecular formula is C12H20O2. The standard InChI is InChI=1S/C12H20O2/c1-9-3-5-12(10(2)7-9)6-4-11(13)14-8-12/h9-10H,3-8H2,1-2H3. The van der Waals surface area contributed by atoms with Crippen LogP contribution in [0.5, 0.6) is 0 Å². The molecule has 0 bridgehead atoms. The molecule has 14 heavy (non-hydrogen) atoms. The highest BCUT2D eigenvalue weighted by molar-refractivity contribution is 5.70. The fourth-order valence-electron chi connectivity index (χ4n) is 3.06. The van der Waals surface area contributed by atoms with E-state index in [-0.39, 0.29) is 5.97 Å². The summed E-state index contributed by atoms with van der Waals surface area (Å²) in [7, 11) is 0. The molecule has 1 saturated heterocycles. The van der Waals surface area contributed by atoms with E-state index in [1.54, 1.807) is 0 Å². The minimum absolute atomic E-state index is 0.00134. The molecule has 2 rings (SSSR count). The van der Waals surface area contributed by atoms with Gasteiger partial charge in [-0.15, -0.1) is 0 Å². The third kappa shape index (κ3) is 1.67. The number of esters is 1. The molecule has 1 aliphatic carbocycles. The lowest BCUT2D eigenvalue weighted by atomic mass is 9.62. The van der Waals surface area contributed by atoms with Crippen molar-refractivity contribution in [3.8, 4) is 0 Å². The van der Waals surface area contributed by atoms with E-state index in [0.717, 1.165) is 18.3 Å². The quantitative estimate of drug-likeness (QED) is 0.557. The van der Waals surface area contributed by atoms with Gasteiger partial charge >= 0.3 is 5.97 Å². The molecule has 1 saturated carbocycles. The smallest absolute Gasteiger partial charge is 0.305 e. The number of carbonyl (C=O) groups is 1. The van der Waals surface area contributed by atoms with Crippen LogP contribution in [0.15, 0.2) is 0 Å². The number of ether oxygens (including phenoxy) is 1. The lowest BCUT2D eigenvalue weighted by molar-refractivity contribution is -0.159. The van der Waals surface area contributed by atoms with Crippen molar-refractivity contribution in [3.63, 3.8) is 0 Å². The average Bonchev–Trinajstić information content (AvgIpc) is 2.16. The first-order valence-corrected chi connectivity index (χ1v) is 5.78. The van der Waals surface area contributed by atoms with E-state index >= 15 is 0 Å². The fraction of sp³-hybridized carbons (Fsp3) is 0.917. The monoisotopic (exact) mass is 196 g/mol. The Bertz CT molecular complexity index is 224. The summed E-state index contributed by atoms with van der Waals surface area (Å²) in [6, 6.07) is 0. The normalized spacial score (nSPS) is 43.7. The minimum atomic E-state index is 0.00134. The van der Waals surface area contributed by atoms with Gasteiger partial charge in [0.25, 0.3) is 0 Å². The van der Waals surface area contributed by atoms with Gasteiger partial charge in [-0.05, 0) is 31.1 Å². The van der Waals surface area contributed by atoms with Gasteiger partial charge < -0.3 is 4.74 Å². The molecule has 2 heteroatoms. The van der Waals surface area contributed by atoms with Crippen molar-refractivity contribution in [3.05, 3.63) is 0 Å². The summed E-state index contributed by atoms with van der Waals surface area (Å²) in [6.45, 7) is 5.34. The van der Waals surface area contributed by atoms with Gasteiger partial charge in [0.05, 0.1) is 6.61 Å². The molecule has 0 N–H and O–H groups in total. The van der Waals surface area contributed by atoms with Crippen molar-refractivity contribution in [2.45, 2.75) is 46.0 Å². The summed E-state index contributed by atoms with van der Waals surface area (Å²) in [4.78, 5) is 11.0. The van der Waals surface area contributed by atoms with Crippen LogP contribution in [-0.4, -0.2) is 12.6 Å². The van der Waals surface area contributed by atoms with Gasteiger partial charge in [0.15, 0.2) is 0 Å². The maximum absolute atomic E-state index is 11.0. The number of rotatable bonds is 0. The molecule has 1 heterocycles. The Morgan fingerprint density at radius 3 is 2.71 bits per heavy atom. The summed E-state index contributed by atoms with van der Waals surface area (Å²) in [5.74, 6) is 1.58. The largest absolute Gasteiger partial charge is 0.465 e. The number of cyclic esters (lactones) is 1. The lowest BCUT2D eigenvalue weighted by Gasteiger charge is -2.46. The third-order valence-corrected chi connectivity index (χ3v) is 4.28. The molecule has 3 unspecified atom stereocenters. The Balaban J connectivity index is 2.04. The zero-order valence-corrected chi connectivity index (χ0v) is 9.21. The Kier molecular flexibility index (Phi) is 2.54. The van der Waals surface area contributed by atoms with E-state index in [4.69, 9.17) is 4.74 Å². The van der Waals surface area contributed by atoms with E-state index < -0.39 is 0 Å². The zero-order valence-electron chi connectivity index (χ0n) is 9.21. The van der Waals surface area contributed by atoms with Gasteiger partial charge in [-0.1, -0.05) is 20.3 Å². The zero-order chi connectivity index (χ0) is 10.2. The van der Waals surface area contributed by atoms with E-state index in [2.05, 4.69) is 13.8 Å². The maximum atomic E-state index is 11.0. The molecule has 0 aromatic heterocycles. The molecule has 2 fully saturated rings. The van der Waals surface area contributed by atoms with Crippen LogP contribution in [-0.2, 0) is 9.53 Å². The SMILES string of the molecule is CC1CCC2(CCC(=O)OC2)C(C)C1. The number of hydrogen-bond donors (Lipinski definition) is 0. The van der Waals surface area contributed by atoms with E-state index in [9.17, 15) is 4.79 Å². The van der Waals surface area contributed by atoms with Gasteiger partial charge in [-0.25, -0.2) is 0 Å². The van der Waals surface area contributed by atoms with E-state index in [1.807, 2.05) is 0 Å². The summed E-state index contributed by atoms with van der Waals surface area (Å²) >= 11 is 0. The second-order valence-corrected chi connectivity index (χ2v) is 5.30. The first-order chi connectivity index (χ1) is 6.62. The Morgan fingerprint density at radius 2 is 2.14 bits per heavy atom. The molecule has 2 aliphatic rings. The summed E-state index contributed by atoms with van der Waals surface area (Å²) in [5.41, 5.74) is 0.334. The average molecular weight is 196 g/mol. The first-order valence-electron chi connectivity index (χ1n) is 5.78. The topological polar surface area (TPSA) is 26.3 Å². The molecule has 0 amide bonds. The molecular weight excluding hydrogens is 176 g/mol. The molecule has 0 aromatic carbocycles. The molecule has 80 valence electrons. The predicted molar refractivity (Wildman–Crippen MR) is 54.8 cm³/mol. The van der Waals surface area contributed by atoms with Crippen LogP contribution in [0.3, 0.4) is 0 Å².